The Bertz CT molecular complexity index is 897. The Hall–Kier alpha value is -2.14. The lowest BCUT2D eigenvalue weighted by Crippen LogP contribution is -2.29. The van der Waals surface area contributed by atoms with Crippen molar-refractivity contribution in [2.45, 2.75) is 51.2 Å². The van der Waals surface area contributed by atoms with E-state index in [0.717, 1.165) is 42.6 Å². The standard InChI is InChI=1S/C24H31NO3S/c1-18(2)29(27,28)17-20-8-12-21(13-9-20)24(26)16-19-10-14-23(15-11-19)25-22-6-4-3-5-7-22/h3-7,10-11,14-15,18,20-21,25H,8-9,12-13,16-17H2,1-2H3. The molecule has 4 nitrogen and oxygen atoms in total. The molecule has 0 amide bonds. The van der Waals surface area contributed by atoms with Gasteiger partial charge in [0.25, 0.3) is 0 Å². The van der Waals surface area contributed by atoms with Gasteiger partial charge in [-0.25, -0.2) is 8.42 Å². The molecule has 0 heterocycles. The number of carbonyl (C=O) groups is 1. The highest BCUT2D eigenvalue weighted by Gasteiger charge is 2.29. The third-order valence-electron chi connectivity index (χ3n) is 5.88. The minimum absolute atomic E-state index is 0.0649. The van der Waals surface area contributed by atoms with Crippen LogP contribution in [0.1, 0.15) is 45.1 Å². The van der Waals surface area contributed by atoms with Crippen LogP contribution in [0.25, 0.3) is 0 Å². The van der Waals surface area contributed by atoms with Gasteiger partial charge in [-0.15, -0.1) is 0 Å². The van der Waals surface area contributed by atoms with Crippen LogP contribution < -0.4 is 5.32 Å². The van der Waals surface area contributed by atoms with E-state index in [2.05, 4.69) is 5.32 Å². The minimum Gasteiger partial charge on any atom is -0.356 e. The second kappa shape index (κ2) is 9.57. The summed E-state index contributed by atoms with van der Waals surface area (Å²) >= 11 is 0. The Morgan fingerprint density at radius 3 is 2.10 bits per heavy atom. The third-order valence-corrected chi connectivity index (χ3v) is 8.26. The van der Waals surface area contributed by atoms with Gasteiger partial charge in [-0.2, -0.15) is 0 Å². The second-order valence-electron chi connectivity index (χ2n) is 8.43. The number of ketones is 1. The Labute approximate surface area is 174 Å². The maximum absolute atomic E-state index is 12.7. The molecule has 5 heteroatoms. The zero-order valence-corrected chi connectivity index (χ0v) is 18.1. The molecule has 156 valence electrons. The SMILES string of the molecule is CC(C)S(=O)(=O)CC1CCC(C(=O)Cc2ccc(Nc3ccccc3)cc2)CC1. The molecule has 0 atom stereocenters. The molecule has 0 aromatic heterocycles. The fraction of sp³-hybridized carbons (Fsp3) is 0.458. The summed E-state index contributed by atoms with van der Waals surface area (Å²) in [7, 11) is -3.00. The van der Waals surface area contributed by atoms with Gasteiger partial charge in [-0.05, 0) is 75.3 Å². The average molecular weight is 414 g/mol. The number of para-hydroxylation sites is 1. The lowest BCUT2D eigenvalue weighted by Gasteiger charge is -2.28. The quantitative estimate of drug-likeness (QED) is 0.648. The first-order chi connectivity index (χ1) is 13.8. The average Bonchev–Trinajstić information content (AvgIpc) is 2.70. The monoisotopic (exact) mass is 413 g/mol. The number of hydrogen-bond acceptors (Lipinski definition) is 4. The molecule has 0 unspecified atom stereocenters. The van der Waals surface area contributed by atoms with Crippen LogP contribution in [-0.4, -0.2) is 25.2 Å². The molecule has 1 aliphatic carbocycles. The predicted octanol–water partition coefficient (Wildman–Crippen LogP) is 5.17. The summed E-state index contributed by atoms with van der Waals surface area (Å²) in [4.78, 5) is 12.7. The highest BCUT2D eigenvalue weighted by molar-refractivity contribution is 7.91. The number of sulfone groups is 1. The van der Waals surface area contributed by atoms with E-state index < -0.39 is 9.84 Å². The largest absolute Gasteiger partial charge is 0.356 e. The lowest BCUT2D eigenvalue weighted by molar-refractivity contribution is -0.123. The fourth-order valence-corrected chi connectivity index (χ4v) is 5.29. The first-order valence-electron chi connectivity index (χ1n) is 10.5. The van der Waals surface area contributed by atoms with Crippen LogP contribution in [0.2, 0.25) is 0 Å². The number of rotatable bonds is 8. The zero-order valence-electron chi connectivity index (χ0n) is 17.3. The van der Waals surface area contributed by atoms with Gasteiger partial charge >= 0.3 is 0 Å². The van der Waals surface area contributed by atoms with Gasteiger partial charge in [0.1, 0.15) is 5.78 Å². The van der Waals surface area contributed by atoms with Crippen LogP contribution in [0.5, 0.6) is 0 Å². The smallest absolute Gasteiger partial charge is 0.152 e. The van der Waals surface area contributed by atoms with Crippen molar-refractivity contribution in [3.05, 3.63) is 60.2 Å². The summed E-state index contributed by atoms with van der Waals surface area (Å²) < 4.78 is 24.3. The number of anilines is 2. The Kier molecular flexibility index (Phi) is 7.12. The van der Waals surface area contributed by atoms with E-state index in [1.165, 1.54) is 0 Å². The van der Waals surface area contributed by atoms with Gasteiger partial charge in [-0.3, -0.25) is 4.79 Å². The highest BCUT2D eigenvalue weighted by atomic mass is 32.2. The molecule has 1 fully saturated rings. The first-order valence-corrected chi connectivity index (χ1v) is 12.2. The van der Waals surface area contributed by atoms with Crippen LogP contribution in [0.4, 0.5) is 11.4 Å². The maximum atomic E-state index is 12.7. The number of benzene rings is 2. The Morgan fingerprint density at radius 1 is 0.931 bits per heavy atom. The number of nitrogens with one attached hydrogen (secondary N) is 1. The first kappa shape index (κ1) is 21.6. The molecule has 0 bridgehead atoms. The van der Waals surface area contributed by atoms with Crippen molar-refractivity contribution in [2.24, 2.45) is 11.8 Å². The molecule has 1 aliphatic rings. The molecule has 0 radical (unpaired) electrons. The molecule has 1 N–H and O–H groups in total. The van der Waals surface area contributed by atoms with Crippen LogP contribution in [0, 0.1) is 11.8 Å². The number of hydrogen-bond donors (Lipinski definition) is 1. The molecule has 29 heavy (non-hydrogen) atoms. The van der Waals surface area contributed by atoms with Crippen molar-refractivity contribution < 1.29 is 13.2 Å². The van der Waals surface area contributed by atoms with E-state index >= 15 is 0 Å². The summed E-state index contributed by atoms with van der Waals surface area (Å²) in [6.45, 7) is 3.48. The van der Waals surface area contributed by atoms with Crippen molar-refractivity contribution >= 4 is 27.0 Å². The zero-order chi connectivity index (χ0) is 20.9. The van der Waals surface area contributed by atoms with Gasteiger partial charge in [0.2, 0.25) is 0 Å². The van der Waals surface area contributed by atoms with Crippen LogP contribution >= 0.6 is 0 Å². The molecular formula is C24H31NO3S. The topological polar surface area (TPSA) is 63.2 Å². The molecule has 2 aromatic carbocycles. The third kappa shape index (κ3) is 6.17. The summed E-state index contributed by atoms with van der Waals surface area (Å²) in [6.07, 6.45) is 3.74. The maximum Gasteiger partial charge on any atom is 0.152 e. The van der Waals surface area contributed by atoms with Crippen LogP contribution in [0.3, 0.4) is 0 Å². The summed E-state index contributed by atoms with van der Waals surface area (Å²) in [5, 5.41) is 3.03. The molecule has 0 saturated heterocycles. The number of Topliss-reactive ketones (excluding diaryl/α,β-unsaturated/α-hetero) is 1. The summed E-state index contributed by atoms with van der Waals surface area (Å²) in [6, 6.07) is 18.0. The minimum atomic E-state index is -3.00. The van der Waals surface area contributed by atoms with E-state index in [1.54, 1.807) is 13.8 Å². The van der Waals surface area contributed by atoms with Crippen LogP contribution in [-0.2, 0) is 21.1 Å². The molecule has 0 spiro atoms. The van der Waals surface area contributed by atoms with Crippen molar-refractivity contribution in [3.63, 3.8) is 0 Å². The van der Waals surface area contributed by atoms with Gasteiger partial charge in [-0.1, -0.05) is 30.3 Å². The molecule has 2 aromatic rings. The van der Waals surface area contributed by atoms with Gasteiger partial charge < -0.3 is 5.32 Å². The van der Waals surface area contributed by atoms with Crippen LogP contribution in [0.15, 0.2) is 54.6 Å². The van der Waals surface area contributed by atoms with E-state index in [-0.39, 0.29) is 28.6 Å². The van der Waals surface area contributed by atoms with E-state index in [4.69, 9.17) is 0 Å². The number of carbonyl (C=O) groups excluding carboxylic acids is 1. The van der Waals surface area contributed by atoms with Crippen molar-refractivity contribution in [1.29, 1.82) is 0 Å². The summed E-state index contributed by atoms with van der Waals surface area (Å²) in [5.74, 6) is 0.811. The van der Waals surface area contributed by atoms with Gasteiger partial charge in [0.05, 0.1) is 11.0 Å². The summed E-state index contributed by atoms with van der Waals surface area (Å²) in [5.41, 5.74) is 3.06. The van der Waals surface area contributed by atoms with E-state index in [1.807, 2.05) is 54.6 Å². The van der Waals surface area contributed by atoms with Gasteiger partial charge in [0.15, 0.2) is 9.84 Å². The normalized spacial score (nSPS) is 19.8. The second-order valence-corrected chi connectivity index (χ2v) is 11.0. The van der Waals surface area contributed by atoms with Crippen molar-refractivity contribution in [2.75, 3.05) is 11.1 Å². The Morgan fingerprint density at radius 2 is 1.52 bits per heavy atom. The molecular weight excluding hydrogens is 382 g/mol. The lowest BCUT2D eigenvalue weighted by atomic mass is 9.79. The molecule has 0 aliphatic heterocycles. The van der Waals surface area contributed by atoms with Gasteiger partial charge in [0, 0.05) is 23.7 Å². The highest BCUT2D eigenvalue weighted by Crippen LogP contribution is 2.31. The fourth-order valence-electron chi connectivity index (χ4n) is 3.91. The van der Waals surface area contributed by atoms with E-state index in [9.17, 15) is 13.2 Å². The molecule has 1 saturated carbocycles. The molecule has 3 rings (SSSR count). The predicted molar refractivity (Wildman–Crippen MR) is 119 cm³/mol. The van der Waals surface area contributed by atoms with Crippen molar-refractivity contribution in [1.82, 2.24) is 0 Å². The van der Waals surface area contributed by atoms with Crippen molar-refractivity contribution in [3.8, 4) is 0 Å². The Balaban J connectivity index is 1.48. The van der Waals surface area contributed by atoms with E-state index in [0.29, 0.717) is 6.42 Å².